The molecule has 0 spiro atoms. The first kappa shape index (κ1) is 14.9. The molecule has 22 heavy (non-hydrogen) atoms. The Morgan fingerprint density at radius 2 is 1.91 bits per heavy atom. The van der Waals surface area contributed by atoms with Gasteiger partial charge in [-0.25, -0.2) is 4.98 Å². The maximum absolute atomic E-state index is 12.2. The normalized spacial score (nSPS) is 14.8. The van der Waals surface area contributed by atoms with E-state index >= 15 is 0 Å². The van der Waals surface area contributed by atoms with Gasteiger partial charge in [-0.1, -0.05) is 36.6 Å². The fraction of sp³-hybridized carbons (Fsp3) is 0.294. The number of pyridine rings is 1. The van der Waals surface area contributed by atoms with Gasteiger partial charge in [0.1, 0.15) is 5.82 Å². The van der Waals surface area contributed by atoms with Gasteiger partial charge in [-0.05, 0) is 37.1 Å². The van der Waals surface area contributed by atoms with Crippen molar-refractivity contribution in [2.24, 2.45) is 0 Å². The van der Waals surface area contributed by atoms with Crippen molar-refractivity contribution in [2.75, 3.05) is 10.6 Å². The number of aromatic nitrogens is 1. The first-order chi connectivity index (χ1) is 10.7. The molecule has 0 saturated heterocycles. The van der Waals surface area contributed by atoms with Gasteiger partial charge in [0.25, 0.3) is 5.91 Å². The lowest BCUT2D eigenvalue weighted by atomic mass is 10.2. The zero-order chi connectivity index (χ0) is 15.4. The van der Waals surface area contributed by atoms with Crippen molar-refractivity contribution in [3.8, 4) is 0 Å². The van der Waals surface area contributed by atoms with Crippen LogP contribution >= 0.6 is 11.6 Å². The summed E-state index contributed by atoms with van der Waals surface area (Å²) in [5.74, 6) is 0.617. The van der Waals surface area contributed by atoms with E-state index in [1.807, 2.05) is 12.1 Å². The lowest BCUT2D eigenvalue weighted by Gasteiger charge is -2.13. The molecule has 2 N–H and O–H groups in total. The smallest absolute Gasteiger partial charge is 0.257 e. The molecule has 2 aromatic rings. The van der Waals surface area contributed by atoms with Crippen molar-refractivity contribution < 1.29 is 4.79 Å². The van der Waals surface area contributed by atoms with Crippen LogP contribution in [0.2, 0.25) is 5.02 Å². The van der Waals surface area contributed by atoms with E-state index < -0.39 is 0 Å². The van der Waals surface area contributed by atoms with Gasteiger partial charge in [-0.15, -0.1) is 0 Å². The molecule has 3 rings (SSSR count). The van der Waals surface area contributed by atoms with E-state index in [2.05, 4.69) is 15.6 Å². The molecular weight excluding hydrogens is 298 g/mol. The summed E-state index contributed by atoms with van der Waals surface area (Å²) in [5.41, 5.74) is 1.11. The second kappa shape index (κ2) is 6.79. The summed E-state index contributed by atoms with van der Waals surface area (Å²) in [6.45, 7) is 0. The summed E-state index contributed by atoms with van der Waals surface area (Å²) in [4.78, 5) is 16.5. The van der Waals surface area contributed by atoms with Crippen LogP contribution < -0.4 is 10.6 Å². The van der Waals surface area contributed by atoms with Gasteiger partial charge >= 0.3 is 0 Å². The zero-order valence-electron chi connectivity index (χ0n) is 12.2. The standard InChI is InChI=1S/C17H18ClN3O/c18-15-8-4-3-7-14(15)17(22)21-13-9-10-16(19-11-13)20-12-5-1-2-6-12/h3-4,7-12H,1-2,5-6H2,(H,19,20)(H,21,22). The van der Waals surface area contributed by atoms with Crippen molar-refractivity contribution in [2.45, 2.75) is 31.7 Å². The van der Waals surface area contributed by atoms with Gasteiger partial charge in [-0.2, -0.15) is 0 Å². The van der Waals surface area contributed by atoms with Crippen LogP contribution in [0.4, 0.5) is 11.5 Å². The summed E-state index contributed by atoms with van der Waals surface area (Å²) in [7, 11) is 0. The number of nitrogens with zero attached hydrogens (tertiary/aromatic N) is 1. The number of anilines is 2. The van der Waals surface area contributed by atoms with Crippen LogP contribution in [0, 0.1) is 0 Å². The number of rotatable bonds is 4. The maximum Gasteiger partial charge on any atom is 0.257 e. The third kappa shape index (κ3) is 3.57. The van der Waals surface area contributed by atoms with Gasteiger partial charge < -0.3 is 10.6 Å². The molecule has 1 saturated carbocycles. The Labute approximate surface area is 134 Å². The number of carbonyl (C=O) groups is 1. The molecule has 1 fully saturated rings. The van der Waals surface area contributed by atoms with Crippen LogP contribution in [0.1, 0.15) is 36.0 Å². The molecule has 1 aromatic carbocycles. The SMILES string of the molecule is O=C(Nc1ccc(NC2CCCC2)nc1)c1ccccc1Cl. The maximum atomic E-state index is 12.2. The van der Waals surface area contributed by atoms with Gasteiger partial charge in [0.15, 0.2) is 0 Å². The molecule has 0 radical (unpaired) electrons. The fourth-order valence-electron chi connectivity index (χ4n) is 2.68. The largest absolute Gasteiger partial charge is 0.367 e. The molecule has 1 amide bonds. The molecule has 0 unspecified atom stereocenters. The number of benzene rings is 1. The molecule has 4 nitrogen and oxygen atoms in total. The van der Waals surface area contributed by atoms with Gasteiger partial charge in [0.05, 0.1) is 22.5 Å². The minimum atomic E-state index is -0.232. The highest BCUT2D eigenvalue weighted by molar-refractivity contribution is 6.34. The molecule has 0 aliphatic heterocycles. The Morgan fingerprint density at radius 3 is 2.59 bits per heavy atom. The lowest BCUT2D eigenvalue weighted by molar-refractivity contribution is 0.102. The number of amides is 1. The van der Waals surface area contributed by atoms with Crippen molar-refractivity contribution in [3.63, 3.8) is 0 Å². The first-order valence-electron chi connectivity index (χ1n) is 7.51. The summed E-state index contributed by atoms with van der Waals surface area (Å²) < 4.78 is 0. The Kier molecular flexibility index (Phi) is 4.59. The van der Waals surface area contributed by atoms with Crippen molar-refractivity contribution in [3.05, 3.63) is 53.2 Å². The topological polar surface area (TPSA) is 54.0 Å². The summed E-state index contributed by atoms with van der Waals surface area (Å²) in [6, 6.07) is 11.2. The third-order valence-corrected chi connectivity index (χ3v) is 4.18. The highest BCUT2D eigenvalue weighted by atomic mass is 35.5. The lowest BCUT2D eigenvalue weighted by Crippen LogP contribution is -2.16. The van der Waals surface area contributed by atoms with Gasteiger partial charge in [-0.3, -0.25) is 4.79 Å². The van der Waals surface area contributed by atoms with E-state index in [0.717, 1.165) is 5.82 Å². The van der Waals surface area contributed by atoms with E-state index in [4.69, 9.17) is 11.6 Å². The van der Waals surface area contributed by atoms with E-state index in [1.54, 1.807) is 30.5 Å². The molecular formula is C17H18ClN3O. The van der Waals surface area contributed by atoms with Crippen LogP contribution in [0.5, 0.6) is 0 Å². The Balaban J connectivity index is 1.63. The highest BCUT2D eigenvalue weighted by Crippen LogP contribution is 2.22. The Morgan fingerprint density at radius 1 is 1.14 bits per heavy atom. The van der Waals surface area contributed by atoms with Crippen molar-refractivity contribution in [1.29, 1.82) is 0 Å². The van der Waals surface area contributed by atoms with Crippen LogP contribution in [0.25, 0.3) is 0 Å². The Bertz CT molecular complexity index is 651. The molecule has 1 heterocycles. The number of hydrogen-bond acceptors (Lipinski definition) is 3. The molecule has 1 aliphatic carbocycles. The van der Waals surface area contributed by atoms with E-state index in [9.17, 15) is 4.79 Å². The van der Waals surface area contributed by atoms with Gasteiger partial charge in [0, 0.05) is 6.04 Å². The van der Waals surface area contributed by atoms with Crippen LogP contribution in [0.15, 0.2) is 42.6 Å². The Hall–Kier alpha value is -2.07. The highest BCUT2D eigenvalue weighted by Gasteiger charge is 2.15. The second-order valence-electron chi connectivity index (χ2n) is 5.49. The van der Waals surface area contributed by atoms with Crippen LogP contribution in [-0.4, -0.2) is 16.9 Å². The van der Waals surface area contributed by atoms with E-state index in [-0.39, 0.29) is 5.91 Å². The number of carbonyl (C=O) groups excluding carboxylic acids is 1. The minimum Gasteiger partial charge on any atom is -0.367 e. The number of hydrogen-bond donors (Lipinski definition) is 2. The van der Waals surface area contributed by atoms with Crippen molar-refractivity contribution in [1.82, 2.24) is 4.98 Å². The fourth-order valence-corrected chi connectivity index (χ4v) is 2.90. The minimum absolute atomic E-state index is 0.232. The summed E-state index contributed by atoms with van der Waals surface area (Å²) in [5, 5.41) is 6.66. The second-order valence-corrected chi connectivity index (χ2v) is 5.90. The van der Waals surface area contributed by atoms with E-state index in [1.165, 1.54) is 25.7 Å². The molecule has 114 valence electrons. The molecule has 5 heteroatoms. The average Bonchev–Trinajstić information content (AvgIpc) is 3.02. The zero-order valence-corrected chi connectivity index (χ0v) is 12.9. The summed E-state index contributed by atoms with van der Waals surface area (Å²) >= 11 is 6.02. The van der Waals surface area contributed by atoms with Crippen LogP contribution in [-0.2, 0) is 0 Å². The molecule has 1 aromatic heterocycles. The average molecular weight is 316 g/mol. The first-order valence-corrected chi connectivity index (χ1v) is 7.88. The monoisotopic (exact) mass is 315 g/mol. The molecule has 1 aliphatic rings. The predicted octanol–water partition coefficient (Wildman–Crippen LogP) is 4.34. The summed E-state index contributed by atoms with van der Waals surface area (Å²) in [6.07, 6.45) is 6.62. The quantitative estimate of drug-likeness (QED) is 0.882. The van der Waals surface area contributed by atoms with E-state index in [0.29, 0.717) is 22.3 Å². The van der Waals surface area contributed by atoms with Crippen LogP contribution in [0.3, 0.4) is 0 Å². The molecule has 0 bridgehead atoms. The third-order valence-electron chi connectivity index (χ3n) is 3.85. The van der Waals surface area contributed by atoms with Gasteiger partial charge in [0.2, 0.25) is 0 Å². The number of halogens is 1. The predicted molar refractivity (Wildman–Crippen MR) is 89.5 cm³/mol. The number of nitrogens with one attached hydrogen (secondary N) is 2. The molecule has 0 atom stereocenters. The van der Waals surface area contributed by atoms with Crippen molar-refractivity contribution >= 4 is 29.0 Å².